The first kappa shape index (κ1) is 17.5. The summed E-state index contributed by atoms with van der Waals surface area (Å²) in [4.78, 5) is 16.0. The normalized spacial score (nSPS) is 12.4. The number of aryl methyl sites for hydroxylation is 2. The second kappa shape index (κ2) is 6.70. The molecular formula is C21H20N4OS. The zero-order valence-electron chi connectivity index (χ0n) is 15.4. The van der Waals surface area contributed by atoms with E-state index in [4.69, 9.17) is 12.6 Å². The molecule has 2 aromatic heterocycles. The number of hydrogen-bond acceptors (Lipinski definition) is 4. The van der Waals surface area contributed by atoms with Gasteiger partial charge in [-0.25, -0.2) is 0 Å². The lowest BCUT2D eigenvalue weighted by Crippen LogP contribution is -2.11. The van der Waals surface area contributed by atoms with E-state index in [1.165, 1.54) is 0 Å². The number of nitrogens with one attached hydrogen (secondary N) is 1. The zero-order valence-corrected chi connectivity index (χ0v) is 16.3. The lowest BCUT2D eigenvalue weighted by molar-refractivity contribution is 0.810. The summed E-state index contributed by atoms with van der Waals surface area (Å²) in [5, 5.41) is 8.97. The molecule has 27 heavy (non-hydrogen) atoms. The van der Waals surface area contributed by atoms with Crippen molar-refractivity contribution in [3.63, 3.8) is 0 Å². The highest BCUT2D eigenvalue weighted by Crippen LogP contribution is 2.29. The van der Waals surface area contributed by atoms with Crippen molar-refractivity contribution in [2.45, 2.75) is 19.1 Å². The number of aromatic nitrogens is 4. The molecule has 0 aliphatic heterocycles. The highest BCUT2D eigenvalue weighted by atomic mass is 32.1. The van der Waals surface area contributed by atoms with Crippen molar-refractivity contribution in [2.24, 2.45) is 7.05 Å². The van der Waals surface area contributed by atoms with Crippen molar-refractivity contribution in [3.8, 4) is 11.4 Å². The SMILES string of the molecule is Cc1cc(C)c2c(=O)cc(C(S)c3nnc(-c4ccccc4)n3C)[nH]c2c1. The maximum absolute atomic E-state index is 12.7. The summed E-state index contributed by atoms with van der Waals surface area (Å²) in [6.45, 7) is 3.97. The van der Waals surface area contributed by atoms with Crippen molar-refractivity contribution in [1.82, 2.24) is 19.7 Å². The van der Waals surface area contributed by atoms with Gasteiger partial charge in [-0.1, -0.05) is 36.4 Å². The molecule has 0 amide bonds. The number of rotatable bonds is 3. The van der Waals surface area contributed by atoms with Crippen molar-refractivity contribution < 1.29 is 0 Å². The van der Waals surface area contributed by atoms with E-state index in [2.05, 4.69) is 15.2 Å². The summed E-state index contributed by atoms with van der Waals surface area (Å²) in [5.41, 5.74) is 4.57. The lowest BCUT2D eigenvalue weighted by atomic mass is 10.0. The molecule has 5 nitrogen and oxygen atoms in total. The van der Waals surface area contributed by atoms with Gasteiger partial charge in [-0.05, 0) is 31.0 Å². The van der Waals surface area contributed by atoms with Gasteiger partial charge >= 0.3 is 0 Å². The Hall–Kier alpha value is -2.86. The van der Waals surface area contributed by atoms with E-state index in [1.54, 1.807) is 6.07 Å². The largest absolute Gasteiger partial charge is 0.357 e. The molecule has 0 aliphatic carbocycles. The van der Waals surface area contributed by atoms with E-state index >= 15 is 0 Å². The number of hydrogen-bond donors (Lipinski definition) is 2. The Morgan fingerprint density at radius 2 is 1.81 bits per heavy atom. The lowest BCUT2D eigenvalue weighted by Gasteiger charge is -2.13. The molecule has 0 saturated carbocycles. The van der Waals surface area contributed by atoms with Gasteiger partial charge in [0.15, 0.2) is 17.1 Å². The van der Waals surface area contributed by atoms with Crippen LogP contribution in [0, 0.1) is 13.8 Å². The van der Waals surface area contributed by atoms with Gasteiger partial charge in [-0.3, -0.25) is 4.79 Å². The van der Waals surface area contributed by atoms with Gasteiger partial charge < -0.3 is 9.55 Å². The Morgan fingerprint density at radius 1 is 1.07 bits per heavy atom. The highest BCUT2D eigenvalue weighted by molar-refractivity contribution is 7.80. The van der Waals surface area contributed by atoms with Crippen molar-refractivity contribution >= 4 is 23.5 Å². The summed E-state index contributed by atoms with van der Waals surface area (Å²) < 4.78 is 1.91. The maximum Gasteiger partial charge on any atom is 0.189 e. The molecule has 1 atom stereocenters. The van der Waals surface area contributed by atoms with Crippen LogP contribution in [0.2, 0.25) is 0 Å². The van der Waals surface area contributed by atoms with Gasteiger partial charge in [-0.15, -0.1) is 10.2 Å². The Morgan fingerprint density at radius 3 is 2.56 bits per heavy atom. The van der Waals surface area contributed by atoms with Crippen LogP contribution < -0.4 is 5.43 Å². The number of H-pyrrole nitrogens is 1. The summed E-state index contributed by atoms with van der Waals surface area (Å²) in [6.07, 6.45) is 0. The number of aromatic amines is 1. The van der Waals surface area contributed by atoms with Crippen LogP contribution >= 0.6 is 12.6 Å². The third-order valence-electron chi connectivity index (χ3n) is 4.77. The average Bonchev–Trinajstić information content (AvgIpc) is 3.02. The smallest absolute Gasteiger partial charge is 0.189 e. The summed E-state index contributed by atoms with van der Waals surface area (Å²) in [5.74, 6) is 1.44. The minimum absolute atomic E-state index is 0.0132. The van der Waals surface area contributed by atoms with Crippen molar-refractivity contribution in [3.05, 3.63) is 81.4 Å². The molecule has 0 aliphatic rings. The van der Waals surface area contributed by atoms with Gasteiger partial charge in [0.2, 0.25) is 0 Å². The van der Waals surface area contributed by atoms with E-state index in [9.17, 15) is 4.79 Å². The monoisotopic (exact) mass is 376 g/mol. The fourth-order valence-electron chi connectivity index (χ4n) is 3.50. The van der Waals surface area contributed by atoms with Crippen molar-refractivity contribution in [2.75, 3.05) is 0 Å². The van der Waals surface area contributed by atoms with Gasteiger partial charge in [0.1, 0.15) is 5.25 Å². The molecule has 2 aromatic carbocycles. The third-order valence-corrected chi connectivity index (χ3v) is 5.28. The predicted molar refractivity (Wildman–Crippen MR) is 111 cm³/mol. The van der Waals surface area contributed by atoms with Crippen LogP contribution in [-0.2, 0) is 7.05 Å². The minimum Gasteiger partial charge on any atom is -0.357 e. The predicted octanol–water partition coefficient (Wildman–Crippen LogP) is 3.96. The molecule has 0 saturated heterocycles. The average molecular weight is 376 g/mol. The first-order valence-corrected chi connectivity index (χ1v) is 9.24. The van der Waals surface area contributed by atoms with Crippen LogP contribution in [0.15, 0.2) is 53.3 Å². The van der Waals surface area contributed by atoms with Crippen LogP contribution in [0.3, 0.4) is 0 Å². The molecule has 4 aromatic rings. The third kappa shape index (κ3) is 3.06. The minimum atomic E-state index is -0.391. The molecule has 6 heteroatoms. The van der Waals surface area contributed by atoms with Crippen LogP contribution in [0.1, 0.15) is 27.9 Å². The molecule has 4 rings (SSSR count). The Bertz CT molecular complexity index is 1190. The zero-order chi connectivity index (χ0) is 19.1. The Kier molecular flexibility index (Phi) is 4.36. The van der Waals surface area contributed by atoms with E-state index < -0.39 is 5.25 Å². The highest BCUT2D eigenvalue weighted by Gasteiger charge is 2.20. The molecule has 2 heterocycles. The molecule has 0 fully saturated rings. The fraction of sp³-hybridized carbons (Fsp3) is 0.190. The summed E-state index contributed by atoms with van der Waals surface area (Å²) in [6, 6.07) is 15.5. The van der Waals surface area contributed by atoms with Gasteiger partial charge in [0.25, 0.3) is 0 Å². The summed E-state index contributed by atoms with van der Waals surface area (Å²) in [7, 11) is 1.91. The number of nitrogens with zero attached hydrogens (tertiary/aromatic N) is 3. The molecule has 0 radical (unpaired) electrons. The molecule has 0 bridgehead atoms. The fourth-order valence-corrected chi connectivity index (χ4v) is 3.87. The van der Waals surface area contributed by atoms with Gasteiger partial charge in [0, 0.05) is 29.8 Å². The van der Waals surface area contributed by atoms with E-state index in [-0.39, 0.29) is 5.43 Å². The van der Waals surface area contributed by atoms with Crippen LogP contribution in [-0.4, -0.2) is 19.7 Å². The van der Waals surface area contributed by atoms with Crippen LogP contribution in [0.5, 0.6) is 0 Å². The molecule has 0 spiro atoms. The van der Waals surface area contributed by atoms with E-state index in [1.807, 2.05) is 67.9 Å². The van der Waals surface area contributed by atoms with Crippen LogP contribution in [0.25, 0.3) is 22.3 Å². The van der Waals surface area contributed by atoms with Gasteiger partial charge in [-0.2, -0.15) is 12.6 Å². The quantitative estimate of drug-likeness (QED) is 0.532. The standard InChI is InChI=1S/C21H20N4OS/c1-12-9-13(2)18-15(10-12)22-16(11-17(18)26)19(27)21-24-23-20(25(21)3)14-7-5-4-6-8-14/h4-11,19,27H,1-3H3,(H,22,26). The second-order valence-corrected chi connectivity index (χ2v) is 7.32. The number of fused-ring (bicyclic) bond motifs is 1. The molecule has 1 unspecified atom stereocenters. The van der Waals surface area contributed by atoms with Gasteiger partial charge in [0.05, 0.1) is 5.52 Å². The molecular weight excluding hydrogens is 356 g/mol. The molecule has 1 N–H and O–H groups in total. The first-order valence-electron chi connectivity index (χ1n) is 8.72. The van der Waals surface area contributed by atoms with E-state index in [0.717, 1.165) is 28.0 Å². The Labute approximate surface area is 162 Å². The number of benzene rings is 2. The van der Waals surface area contributed by atoms with Crippen LogP contribution in [0.4, 0.5) is 0 Å². The van der Waals surface area contributed by atoms with Crippen molar-refractivity contribution in [1.29, 1.82) is 0 Å². The number of pyridine rings is 1. The first-order chi connectivity index (χ1) is 13.0. The number of thiol groups is 1. The summed E-state index contributed by atoms with van der Waals surface area (Å²) >= 11 is 4.74. The van der Waals surface area contributed by atoms with E-state index in [0.29, 0.717) is 16.9 Å². The topological polar surface area (TPSA) is 63.6 Å². The molecule has 136 valence electrons. The second-order valence-electron chi connectivity index (χ2n) is 6.80. The maximum atomic E-state index is 12.7. The Balaban J connectivity index is 1.81.